The summed E-state index contributed by atoms with van der Waals surface area (Å²) in [5, 5.41) is 3.96. The van der Waals surface area contributed by atoms with E-state index in [1.165, 1.54) is 85.7 Å². The van der Waals surface area contributed by atoms with Crippen LogP contribution in [0.4, 0.5) is 0 Å². The third-order valence-electron chi connectivity index (χ3n) is 7.89. The van der Waals surface area contributed by atoms with E-state index in [1.54, 1.807) is 0 Å². The van der Waals surface area contributed by atoms with Crippen LogP contribution < -0.4 is 0 Å². The average Bonchev–Trinajstić information content (AvgIpc) is 3.25. The van der Waals surface area contributed by atoms with Crippen molar-refractivity contribution in [3.05, 3.63) is 89.6 Å². The van der Waals surface area contributed by atoms with Crippen molar-refractivity contribution in [1.29, 1.82) is 0 Å². The van der Waals surface area contributed by atoms with Crippen molar-refractivity contribution in [2.45, 2.75) is 64.7 Å². The normalized spacial score (nSPS) is 14.9. The number of aromatic nitrogens is 1. The molecule has 0 N–H and O–H groups in total. The lowest BCUT2D eigenvalue weighted by Gasteiger charge is -2.22. The molecule has 35 heavy (non-hydrogen) atoms. The molecule has 1 nitrogen and oxygen atoms in total. The Labute approximate surface area is 212 Å². The zero-order valence-electron chi connectivity index (χ0n) is 21.0. The van der Waals surface area contributed by atoms with Gasteiger partial charge in [0.2, 0.25) is 0 Å². The van der Waals surface area contributed by atoms with Gasteiger partial charge in [-0.1, -0.05) is 81.6 Å². The van der Waals surface area contributed by atoms with Crippen LogP contribution in [0.1, 0.15) is 74.5 Å². The monoisotopic (exact) mass is 475 g/mol. The lowest BCUT2D eigenvalue weighted by molar-refractivity contribution is 0.443. The first kappa shape index (κ1) is 22.5. The maximum absolute atomic E-state index is 4.92. The van der Waals surface area contributed by atoms with Crippen molar-refractivity contribution in [2.75, 3.05) is 0 Å². The standard InChI is InChI=1S/C33H33NS/c1-21(2)30-20-27(19-26-11-7-8-12-29(26)30)31-33-28(17-18-34-31)22(3)32(35-33)25-15-13-24(14-16-25)23-9-5-4-6-10-23/h7-8,11-21,23H,4-6,9-10H2,1-3H3. The quantitative estimate of drug-likeness (QED) is 0.252. The number of hydrogen-bond donors (Lipinski definition) is 0. The van der Waals surface area contributed by atoms with E-state index in [2.05, 4.69) is 87.5 Å². The van der Waals surface area contributed by atoms with Gasteiger partial charge < -0.3 is 0 Å². The summed E-state index contributed by atoms with van der Waals surface area (Å²) < 4.78 is 1.29. The van der Waals surface area contributed by atoms with E-state index in [4.69, 9.17) is 4.98 Å². The topological polar surface area (TPSA) is 12.9 Å². The maximum Gasteiger partial charge on any atom is 0.0880 e. The summed E-state index contributed by atoms with van der Waals surface area (Å²) in [6.07, 6.45) is 8.84. The van der Waals surface area contributed by atoms with E-state index in [-0.39, 0.29) is 0 Å². The Morgan fingerprint density at radius 1 is 0.829 bits per heavy atom. The van der Waals surface area contributed by atoms with E-state index in [9.17, 15) is 0 Å². The van der Waals surface area contributed by atoms with Crippen LogP contribution >= 0.6 is 11.3 Å². The van der Waals surface area contributed by atoms with Crippen LogP contribution in [0, 0.1) is 6.92 Å². The first-order valence-corrected chi connectivity index (χ1v) is 13.9. The molecule has 1 fully saturated rings. The molecule has 0 radical (unpaired) electrons. The second-order valence-electron chi connectivity index (χ2n) is 10.5. The van der Waals surface area contributed by atoms with Crippen LogP contribution in [0.5, 0.6) is 0 Å². The van der Waals surface area contributed by atoms with E-state index < -0.39 is 0 Å². The summed E-state index contributed by atoms with van der Waals surface area (Å²) in [6, 6.07) is 25.1. The first-order chi connectivity index (χ1) is 17.1. The summed E-state index contributed by atoms with van der Waals surface area (Å²) in [4.78, 5) is 6.29. The lowest BCUT2D eigenvalue weighted by Crippen LogP contribution is -2.04. The highest BCUT2D eigenvalue weighted by atomic mass is 32.1. The van der Waals surface area contributed by atoms with Gasteiger partial charge in [-0.25, -0.2) is 0 Å². The molecule has 0 amide bonds. The Morgan fingerprint density at radius 2 is 1.60 bits per heavy atom. The van der Waals surface area contributed by atoms with Crippen LogP contribution in [0.3, 0.4) is 0 Å². The van der Waals surface area contributed by atoms with Gasteiger partial charge in [-0.15, -0.1) is 11.3 Å². The predicted octanol–water partition coefficient (Wildman–Crippen LogP) is 10.3. The highest BCUT2D eigenvalue weighted by molar-refractivity contribution is 7.23. The lowest BCUT2D eigenvalue weighted by atomic mass is 9.84. The number of benzene rings is 3. The molecule has 6 rings (SSSR count). The number of fused-ring (bicyclic) bond motifs is 2. The van der Waals surface area contributed by atoms with Gasteiger partial charge in [-0.2, -0.15) is 0 Å². The Hall–Kier alpha value is -2.97. The molecule has 0 unspecified atom stereocenters. The minimum absolute atomic E-state index is 0.461. The fourth-order valence-electron chi connectivity index (χ4n) is 5.93. The molecular weight excluding hydrogens is 442 g/mol. The molecule has 1 aliphatic carbocycles. The fraction of sp³-hybridized carbons (Fsp3) is 0.303. The summed E-state index contributed by atoms with van der Waals surface area (Å²) in [7, 11) is 0. The number of aryl methyl sites for hydroxylation is 1. The van der Waals surface area contributed by atoms with Crippen molar-refractivity contribution in [2.24, 2.45) is 0 Å². The van der Waals surface area contributed by atoms with Crippen LogP contribution in [0.2, 0.25) is 0 Å². The van der Waals surface area contributed by atoms with Gasteiger partial charge in [-0.3, -0.25) is 4.98 Å². The number of thiophene rings is 1. The number of pyridine rings is 1. The first-order valence-electron chi connectivity index (χ1n) is 13.1. The molecule has 1 aliphatic rings. The molecule has 2 heterocycles. The molecule has 3 aromatic carbocycles. The minimum Gasteiger partial charge on any atom is -0.255 e. The van der Waals surface area contributed by atoms with Crippen molar-refractivity contribution >= 4 is 32.2 Å². The molecular formula is C33H33NS. The molecule has 0 spiro atoms. The molecule has 0 saturated heterocycles. The Kier molecular flexibility index (Phi) is 5.94. The molecule has 176 valence electrons. The summed E-state index contributed by atoms with van der Waals surface area (Å²) >= 11 is 1.90. The zero-order valence-corrected chi connectivity index (χ0v) is 21.8. The van der Waals surface area contributed by atoms with Crippen molar-refractivity contribution < 1.29 is 0 Å². The fourth-order valence-corrected chi connectivity index (χ4v) is 7.25. The van der Waals surface area contributed by atoms with Crippen LogP contribution in [0.25, 0.3) is 42.6 Å². The molecule has 5 aromatic rings. The van der Waals surface area contributed by atoms with Gasteiger partial charge >= 0.3 is 0 Å². The molecule has 0 aliphatic heterocycles. The summed E-state index contributed by atoms with van der Waals surface area (Å²) in [5.41, 5.74) is 7.93. The highest BCUT2D eigenvalue weighted by Gasteiger charge is 2.19. The Bertz CT molecular complexity index is 1500. The number of nitrogens with zero attached hydrogens (tertiary/aromatic N) is 1. The van der Waals surface area contributed by atoms with Crippen LogP contribution in [-0.2, 0) is 0 Å². The van der Waals surface area contributed by atoms with Gasteiger partial charge in [0.1, 0.15) is 0 Å². The average molecular weight is 476 g/mol. The van der Waals surface area contributed by atoms with Crippen molar-refractivity contribution in [3.8, 4) is 21.7 Å². The van der Waals surface area contributed by atoms with Crippen molar-refractivity contribution in [1.82, 2.24) is 4.98 Å². The second-order valence-corrected chi connectivity index (χ2v) is 11.5. The second kappa shape index (κ2) is 9.24. The largest absolute Gasteiger partial charge is 0.255 e. The van der Waals surface area contributed by atoms with E-state index in [1.807, 2.05) is 17.5 Å². The molecule has 0 atom stereocenters. The zero-order chi connectivity index (χ0) is 23.9. The Morgan fingerprint density at radius 3 is 2.37 bits per heavy atom. The summed E-state index contributed by atoms with van der Waals surface area (Å²) in [6.45, 7) is 6.83. The van der Waals surface area contributed by atoms with Crippen molar-refractivity contribution in [3.63, 3.8) is 0 Å². The number of hydrogen-bond acceptors (Lipinski definition) is 2. The smallest absolute Gasteiger partial charge is 0.0880 e. The number of rotatable bonds is 4. The van der Waals surface area contributed by atoms with Gasteiger partial charge in [0.15, 0.2) is 0 Å². The molecule has 2 heteroatoms. The van der Waals surface area contributed by atoms with E-state index >= 15 is 0 Å². The van der Waals surface area contributed by atoms with Gasteiger partial charge in [0.25, 0.3) is 0 Å². The van der Waals surface area contributed by atoms with Gasteiger partial charge in [0, 0.05) is 16.6 Å². The minimum atomic E-state index is 0.461. The SMILES string of the molecule is Cc1c(-c2ccc(C3CCCCC3)cc2)sc2c(-c3cc(C(C)C)c4ccccc4c3)nccc12. The van der Waals surface area contributed by atoms with Crippen LogP contribution in [0.15, 0.2) is 72.9 Å². The summed E-state index contributed by atoms with van der Waals surface area (Å²) in [5.74, 6) is 1.21. The third-order valence-corrected chi connectivity index (χ3v) is 9.26. The van der Waals surface area contributed by atoms with Crippen LogP contribution in [-0.4, -0.2) is 4.98 Å². The van der Waals surface area contributed by atoms with E-state index in [0.717, 1.165) is 11.6 Å². The third kappa shape index (κ3) is 4.08. The predicted molar refractivity (Wildman–Crippen MR) is 153 cm³/mol. The highest BCUT2D eigenvalue weighted by Crippen LogP contribution is 2.43. The van der Waals surface area contributed by atoms with Gasteiger partial charge in [-0.05, 0) is 88.2 Å². The maximum atomic E-state index is 4.92. The molecule has 1 saturated carbocycles. The van der Waals surface area contributed by atoms with Gasteiger partial charge in [0.05, 0.1) is 10.4 Å². The molecule has 0 bridgehead atoms. The molecule has 2 aromatic heterocycles. The van der Waals surface area contributed by atoms with E-state index in [0.29, 0.717) is 5.92 Å². The Balaban J connectivity index is 1.45.